The van der Waals surface area contributed by atoms with Crippen LogP contribution < -0.4 is 10.6 Å². The Morgan fingerprint density at radius 2 is 1.71 bits per heavy atom. The average molecular weight is 284 g/mol. The van der Waals surface area contributed by atoms with E-state index in [0.29, 0.717) is 18.1 Å². The zero-order valence-electron chi connectivity index (χ0n) is 12.6. The van der Waals surface area contributed by atoms with Crippen LogP contribution in [-0.4, -0.2) is 21.4 Å². The molecule has 0 fully saturated rings. The minimum Gasteiger partial charge on any atom is -0.350 e. The Balaban J connectivity index is 1.94. The van der Waals surface area contributed by atoms with Crippen LogP contribution in [0, 0.1) is 0 Å². The summed E-state index contributed by atoms with van der Waals surface area (Å²) in [5, 5.41) is 5.99. The van der Waals surface area contributed by atoms with E-state index in [4.69, 9.17) is 0 Å². The molecule has 0 saturated heterocycles. The Labute approximate surface area is 124 Å². The SMILES string of the molecule is CC(C)(C)Nc1ncc(C(=O)NCc2ccccc2)cn1. The Hall–Kier alpha value is -2.43. The minimum atomic E-state index is -0.179. The maximum atomic E-state index is 12.0. The van der Waals surface area contributed by atoms with E-state index in [-0.39, 0.29) is 11.4 Å². The highest BCUT2D eigenvalue weighted by Gasteiger charge is 2.12. The van der Waals surface area contributed by atoms with Gasteiger partial charge in [0.05, 0.1) is 5.56 Å². The average Bonchev–Trinajstić information content (AvgIpc) is 2.45. The molecule has 0 atom stereocenters. The monoisotopic (exact) mass is 284 g/mol. The van der Waals surface area contributed by atoms with Gasteiger partial charge < -0.3 is 10.6 Å². The maximum Gasteiger partial charge on any atom is 0.254 e. The third kappa shape index (κ3) is 4.87. The van der Waals surface area contributed by atoms with Gasteiger partial charge in [-0.2, -0.15) is 0 Å². The number of hydrogen-bond donors (Lipinski definition) is 2. The van der Waals surface area contributed by atoms with Crippen molar-refractivity contribution in [2.75, 3.05) is 5.32 Å². The number of nitrogens with zero attached hydrogens (tertiary/aromatic N) is 2. The smallest absolute Gasteiger partial charge is 0.254 e. The zero-order valence-corrected chi connectivity index (χ0v) is 12.6. The van der Waals surface area contributed by atoms with E-state index >= 15 is 0 Å². The molecule has 2 rings (SSSR count). The summed E-state index contributed by atoms with van der Waals surface area (Å²) in [7, 11) is 0. The van der Waals surface area contributed by atoms with Gasteiger partial charge in [0.2, 0.25) is 5.95 Å². The number of carbonyl (C=O) groups excluding carboxylic acids is 1. The first kappa shape index (κ1) is 15.0. The van der Waals surface area contributed by atoms with Gasteiger partial charge in [0, 0.05) is 24.5 Å². The van der Waals surface area contributed by atoms with Crippen molar-refractivity contribution in [3.05, 3.63) is 53.9 Å². The standard InChI is InChI=1S/C16H20N4O/c1-16(2,3)20-15-18-10-13(11-19-15)14(21)17-9-12-7-5-4-6-8-12/h4-8,10-11H,9H2,1-3H3,(H,17,21)(H,18,19,20). The summed E-state index contributed by atoms with van der Waals surface area (Å²) >= 11 is 0. The van der Waals surface area contributed by atoms with Crippen LogP contribution in [0.15, 0.2) is 42.7 Å². The summed E-state index contributed by atoms with van der Waals surface area (Å²) in [6, 6.07) is 9.76. The molecule has 110 valence electrons. The Morgan fingerprint density at radius 1 is 1.10 bits per heavy atom. The maximum absolute atomic E-state index is 12.0. The number of carbonyl (C=O) groups is 1. The highest BCUT2D eigenvalue weighted by atomic mass is 16.1. The second kappa shape index (κ2) is 6.35. The van der Waals surface area contributed by atoms with Crippen LogP contribution in [0.5, 0.6) is 0 Å². The Morgan fingerprint density at radius 3 is 2.29 bits per heavy atom. The molecule has 0 spiro atoms. The Bertz CT molecular complexity index is 588. The predicted molar refractivity (Wildman–Crippen MR) is 83.0 cm³/mol. The van der Waals surface area contributed by atoms with E-state index in [0.717, 1.165) is 5.56 Å². The van der Waals surface area contributed by atoms with Gasteiger partial charge in [-0.15, -0.1) is 0 Å². The molecule has 0 saturated carbocycles. The van der Waals surface area contributed by atoms with Crippen LogP contribution in [0.4, 0.5) is 5.95 Å². The molecule has 5 nitrogen and oxygen atoms in total. The fourth-order valence-electron chi connectivity index (χ4n) is 1.73. The van der Waals surface area contributed by atoms with Crippen LogP contribution >= 0.6 is 0 Å². The number of amides is 1. The van der Waals surface area contributed by atoms with Crippen LogP contribution in [0.3, 0.4) is 0 Å². The largest absolute Gasteiger partial charge is 0.350 e. The molecule has 2 N–H and O–H groups in total. The molecule has 0 bridgehead atoms. The molecule has 1 heterocycles. The molecular formula is C16H20N4O. The van der Waals surface area contributed by atoms with Crippen LogP contribution in [0.2, 0.25) is 0 Å². The number of hydrogen-bond acceptors (Lipinski definition) is 4. The fraction of sp³-hybridized carbons (Fsp3) is 0.312. The Kier molecular flexibility index (Phi) is 4.52. The molecule has 2 aromatic rings. The van der Waals surface area contributed by atoms with E-state index in [1.165, 1.54) is 12.4 Å². The van der Waals surface area contributed by atoms with Crippen LogP contribution in [0.25, 0.3) is 0 Å². The van der Waals surface area contributed by atoms with Crippen molar-refractivity contribution in [1.82, 2.24) is 15.3 Å². The molecule has 0 aliphatic carbocycles. The second-order valence-electron chi connectivity index (χ2n) is 5.84. The lowest BCUT2D eigenvalue weighted by Crippen LogP contribution is -2.28. The molecule has 0 radical (unpaired) electrons. The molecule has 1 aromatic carbocycles. The number of aromatic nitrogens is 2. The van der Waals surface area contributed by atoms with Gasteiger partial charge in [0.15, 0.2) is 0 Å². The van der Waals surface area contributed by atoms with Crippen molar-refractivity contribution < 1.29 is 4.79 Å². The van der Waals surface area contributed by atoms with E-state index in [2.05, 4.69) is 20.6 Å². The van der Waals surface area contributed by atoms with Crippen molar-refractivity contribution in [2.45, 2.75) is 32.9 Å². The van der Waals surface area contributed by atoms with Gasteiger partial charge in [-0.05, 0) is 26.3 Å². The summed E-state index contributed by atoms with van der Waals surface area (Å²) in [6.45, 7) is 6.56. The predicted octanol–water partition coefficient (Wildman–Crippen LogP) is 2.62. The van der Waals surface area contributed by atoms with E-state index in [1.807, 2.05) is 51.1 Å². The third-order valence-corrected chi connectivity index (χ3v) is 2.70. The lowest BCUT2D eigenvalue weighted by Gasteiger charge is -2.20. The van der Waals surface area contributed by atoms with E-state index < -0.39 is 0 Å². The molecule has 0 aliphatic rings. The summed E-state index contributed by atoms with van der Waals surface area (Å²) in [4.78, 5) is 20.3. The van der Waals surface area contributed by atoms with Gasteiger partial charge in [0.1, 0.15) is 0 Å². The summed E-state index contributed by atoms with van der Waals surface area (Å²) in [5.41, 5.74) is 1.39. The molecule has 5 heteroatoms. The van der Waals surface area contributed by atoms with Gasteiger partial charge in [-0.25, -0.2) is 9.97 Å². The summed E-state index contributed by atoms with van der Waals surface area (Å²) < 4.78 is 0. The van der Waals surface area contributed by atoms with Crippen LogP contribution in [-0.2, 0) is 6.54 Å². The minimum absolute atomic E-state index is 0.114. The molecule has 1 amide bonds. The number of anilines is 1. The van der Waals surface area contributed by atoms with Gasteiger partial charge in [-0.3, -0.25) is 4.79 Å². The number of benzene rings is 1. The van der Waals surface area contributed by atoms with Crippen molar-refractivity contribution >= 4 is 11.9 Å². The van der Waals surface area contributed by atoms with E-state index in [1.54, 1.807) is 0 Å². The molecule has 0 aliphatic heterocycles. The number of nitrogens with one attached hydrogen (secondary N) is 2. The first-order valence-corrected chi connectivity index (χ1v) is 6.86. The molecule has 0 unspecified atom stereocenters. The normalized spacial score (nSPS) is 11.0. The van der Waals surface area contributed by atoms with Gasteiger partial charge in [-0.1, -0.05) is 30.3 Å². The topological polar surface area (TPSA) is 66.9 Å². The molecule has 21 heavy (non-hydrogen) atoms. The second-order valence-corrected chi connectivity index (χ2v) is 5.84. The summed E-state index contributed by atoms with van der Waals surface area (Å²) in [5.74, 6) is 0.336. The highest BCUT2D eigenvalue weighted by molar-refractivity contribution is 5.93. The van der Waals surface area contributed by atoms with Gasteiger partial charge in [0.25, 0.3) is 5.91 Å². The first-order valence-electron chi connectivity index (χ1n) is 6.86. The first-order chi connectivity index (χ1) is 9.94. The lowest BCUT2D eigenvalue weighted by molar-refractivity contribution is 0.0950. The fourth-order valence-corrected chi connectivity index (χ4v) is 1.73. The molecule has 1 aromatic heterocycles. The summed E-state index contributed by atoms with van der Waals surface area (Å²) in [6.07, 6.45) is 3.06. The van der Waals surface area contributed by atoms with Crippen molar-refractivity contribution in [1.29, 1.82) is 0 Å². The lowest BCUT2D eigenvalue weighted by atomic mass is 10.1. The molecular weight excluding hydrogens is 264 g/mol. The van der Waals surface area contributed by atoms with Crippen molar-refractivity contribution in [3.63, 3.8) is 0 Å². The van der Waals surface area contributed by atoms with Crippen molar-refractivity contribution in [2.24, 2.45) is 0 Å². The van der Waals surface area contributed by atoms with E-state index in [9.17, 15) is 4.79 Å². The number of rotatable bonds is 4. The van der Waals surface area contributed by atoms with Crippen molar-refractivity contribution in [3.8, 4) is 0 Å². The van der Waals surface area contributed by atoms with Crippen LogP contribution in [0.1, 0.15) is 36.7 Å². The zero-order chi connectivity index (χ0) is 15.3. The third-order valence-electron chi connectivity index (χ3n) is 2.70. The van der Waals surface area contributed by atoms with Gasteiger partial charge >= 0.3 is 0 Å². The quantitative estimate of drug-likeness (QED) is 0.905. The highest BCUT2D eigenvalue weighted by Crippen LogP contribution is 2.09.